The first kappa shape index (κ1) is 19.8. The van der Waals surface area contributed by atoms with Crippen molar-refractivity contribution in [1.82, 2.24) is 24.6 Å². The molecule has 162 valence electrons. The van der Waals surface area contributed by atoms with Crippen LogP contribution in [-0.2, 0) is 12.3 Å². The van der Waals surface area contributed by atoms with Gasteiger partial charge in [0.15, 0.2) is 0 Å². The number of aliphatic hydroxyl groups excluding tert-OH is 1. The van der Waals surface area contributed by atoms with Gasteiger partial charge in [-0.3, -0.25) is 4.68 Å². The molecule has 2 aromatic rings. The highest BCUT2D eigenvalue weighted by Crippen LogP contribution is 2.45. The van der Waals surface area contributed by atoms with Gasteiger partial charge in [0.1, 0.15) is 5.69 Å². The molecule has 0 unspecified atom stereocenters. The second-order valence-electron chi connectivity index (χ2n) is 8.74. The van der Waals surface area contributed by atoms with E-state index in [-0.39, 0.29) is 37.2 Å². The maximum atomic E-state index is 14.5. The average molecular weight is 418 g/mol. The lowest BCUT2D eigenvalue weighted by Crippen LogP contribution is -2.47. The van der Waals surface area contributed by atoms with Gasteiger partial charge in [-0.15, -0.1) is 0 Å². The molecule has 5 rings (SSSR count). The zero-order valence-electron chi connectivity index (χ0n) is 17.3. The molecule has 2 aromatic heterocycles. The maximum Gasteiger partial charge on any atom is 0.290 e. The number of aliphatic hydroxyl groups is 1. The van der Waals surface area contributed by atoms with Crippen LogP contribution in [0.2, 0.25) is 0 Å². The van der Waals surface area contributed by atoms with Crippen molar-refractivity contribution in [2.45, 2.75) is 57.0 Å². The van der Waals surface area contributed by atoms with E-state index < -0.39 is 5.92 Å². The van der Waals surface area contributed by atoms with Gasteiger partial charge in [-0.2, -0.15) is 13.9 Å². The molecule has 4 heterocycles. The maximum absolute atomic E-state index is 14.5. The lowest BCUT2D eigenvalue weighted by Gasteiger charge is -2.39. The van der Waals surface area contributed by atoms with Crippen LogP contribution in [-0.4, -0.2) is 68.6 Å². The molecule has 0 saturated carbocycles. The predicted octanol–water partition coefficient (Wildman–Crippen LogP) is 2.61. The van der Waals surface area contributed by atoms with E-state index in [4.69, 9.17) is 10.1 Å². The number of aromatic nitrogens is 4. The molecule has 3 aliphatic rings. The third-order valence-electron chi connectivity index (χ3n) is 6.83. The fraction of sp³-hybridized carbons (Fsp3) is 0.667. The Hall–Kier alpha value is -2.13. The van der Waals surface area contributed by atoms with Crippen LogP contribution in [0.4, 0.5) is 14.7 Å². The summed E-state index contributed by atoms with van der Waals surface area (Å²) in [7, 11) is 0. The number of hydrogen-bond acceptors (Lipinski definition) is 6. The van der Waals surface area contributed by atoms with E-state index in [2.05, 4.69) is 21.9 Å². The summed E-state index contributed by atoms with van der Waals surface area (Å²) in [5, 5.41) is 13.7. The minimum absolute atomic E-state index is 0.105. The van der Waals surface area contributed by atoms with Crippen LogP contribution in [0.1, 0.15) is 49.9 Å². The molecule has 7 nitrogen and oxygen atoms in total. The summed E-state index contributed by atoms with van der Waals surface area (Å²) in [6.07, 6.45) is 6.73. The van der Waals surface area contributed by atoms with Gasteiger partial charge in [0.2, 0.25) is 5.95 Å². The highest BCUT2D eigenvalue weighted by Gasteiger charge is 2.44. The molecular formula is C21H28F2N6O. The highest BCUT2D eigenvalue weighted by atomic mass is 19.3. The summed E-state index contributed by atoms with van der Waals surface area (Å²) in [4.78, 5) is 13.3. The minimum atomic E-state index is -2.90. The Kier molecular flexibility index (Phi) is 4.97. The van der Waals surface area contributed by atoms with E-state index in [1.807, 2.05) is 15.8 Å². The van der Waals surface area contributed by atoms with Crippen molar-refractivity contribution < 1.29 is 13.9 Å². The number of β-amino-alcohol motifs (C(OH)–C–C–N with tert-alkyl or cyclic N) is 1. The summed E-state index contributed by atoms with van der Waals surface area (Å²) in [5.41, 5.74) is 1.86. The molecule has 9 heteroatoms. The zero-order valence-corrected chi connectivity index (χ0v) is 17.3. The van der Waals surface area contributed by atoms with Gasteiger partial charge in [-0.1, -0.05) is 0 Å². The molecule has 30 heavy (non-hydrogen) atoms. The second-order valence-corrected chi connectivity index (χ2v) is 8.74. The van der Waals surface area contributed by atoms with Gasteiger partial charge < -0.3 is 14.9 Å². The molecular weight excluding hydrogens is 390 g/mol. The quantitative estimate of drug-likeness (QED) is 0.805. The van der Waals surface area contributed by atoms with E-state index in [0.29, 0.717) is 23.8 Å². The van der Waals surface area contributed by atoms with E-state index in [9.17, 15) is 8.78 Å². The monoisotopic (exact) mass is 418 g/mol. The first-order valence-corrected chi connectivity index (χ1v) is 10.9. The molecule has 2 aliphatic heterocycles. The molecule has 0 bridgehead atoms. The van der Waals surface area contributed by atoms with Crippen molar-refractivity contribution in [2.75, 3.05) is 37.7 Å². The number of hydrogen-bond donors (Lipinski definition) is 1. The van der Waals surface area contributed by atoms with E-state index in [0.717, 1.165) is 44.5 Å². The molecule has 0 radical (unpaired) electrons. The molecule has 1 aliphatic carbocycles. The minimum Gasteiger partial charge on any atom is -0.395 e. The fourth-order valence-electron chi connectivity index (χ4n) is 4.80. The topological polar surface area (TPSA) is 70.3 Å². The number of alkyl halides is 2. The summed E-state index contributed by atoms with van der Waals surface area (Å²) in [6, 6.07) is 0.553. The Morgan fingerprint density at radius 1 is 1.17 bits per heavy atom. The Bertz CT molecular complexity index is 924. The Labute approximate surface area is 174 Å². The standard InChI is InChI=1S/C21H28F2N6O/c1-14-3-9-28(14)20-25-18(17-2-6-21(22,23)19(17)26-20)15-12-24-29(13-15)16-4-7-27(8-5-16)10-11-30/h12-14,16,30H,2-11H2,1H3/t14-/m0/s1. The SMILES string of the molecule is C[C@H]1CCN1c1nc(-c2cnn(C3CCN(CCO)CC3)c2)c2c(n1)C(F)(F)CC2. The van der Waals surface area contributed by atoms with Crippen LogP contribution in [0.3, 0.4) is 0 Å². The van der Waals surface area contributed by atoms with Crippen molar-refractivity contribution in [3.05, 3.63) is 23.7 Å². The van der Waals surface area contributed by atoms with E-state index >= 15 is 0 Å². The lowest BCUT2D eigenvalue weighted by atomic mass is 10.0. The van der Waals surface area contributed by atoms with Gasteiger partial charge in [0, 0.05) is 56.0 Å². The average Bonchev–Trinajstić information content (AvgIpc) is 3.33. The lowest BCUT2D eigenvalue weighted by molar-refractivity contribution is -0.00595. The predicted molar refractivity (Wildman–Crippen MR) is 109 cm³/mol. The molecule has 2 fully saturated rings. The van der Waals surface area contributed by atoms with Gasteiger partial charge in [-0.05, 0) is 32.6 Å². The normalized spacial score (nSPS) is 24.1. The summed E-state index contributed by atoms with van der Waals surface area (Å²) < 4.78 is 31.0. The fourth-order valence-corrected chi connectivity index (χ4v) is 4.80. The molecule has 0 aromatic carbocycles. The van der Waals surface area contributed by atoms with Crippen molar-refractivity contribution in [3.8, 4) is 11.3 Å². The van der Waals surface area contributed by atoms with Crippen molar-refractivity contribution >= 4 is 5.95 Å². The van der Waals surface area contributed by atoms with Crippen LogP contribution in [0.5, 0.6) is 0 Å². The molecule has 1 N–H and O–H groups in total. The number of rotatable bonds is 5. The largest absolute Gasteiger partial charge is 0.395 e. The Morgan fingerprint density at radius 3 is 2.63 bits per heavy atom. The summed E-state index contributed by atoms with van der Waals surface area (Å²) in [5.74, 6) is -2.49. The zero-order chi connectivity index (χ0) is 20.9. The molecule has 0 spiro atoms. The smallest absolute Gasteiger partial charge is 0.290 e. The van der Waals surface area contributed by atoms with Gasteiger partial charge in [-0.25, -0.2) is 9.97 Å². The van der Waals surface area contributed by atoms with Crippen molar-refractivity contribution in [3.63, 3.8) is 0 Å². The number of anilines is 1. The number of piperidine rings is 1. The third kappa shape index (κ3) is 3.37. The van der Waals surface area contributed by atoms with Gasteiger partial charge >= 0.3 is 0 Å². The van der Waals surface area contributed by atoms with Crippen LogP contribution in [0, 0.1) is 0 Å². The second kappa shape index (κ2) is 7.53. The number of fused-ring (bicyclic) bond motifs is 1. The number of likely N-dealkylation sites (tertiary alicyclic amines) is 1. The van der Waals surface area contributed by atoms with Crippen LogP contribution in [0.25, 0.3) is 11.3 Å². The highest BCUT2D eigenvalue weighted by molar-refractivity contribution is 5.66. The summed E-state index contributed by atoms with van der Waals surface area (Å²) in [6.45, 7) is 5.60. The molecule has 1 atom stereocenters. The number of nitrogens with zero attached hydrogens (tertiary/aromatic N) is 6. The Morgan fingerprint density at radius 2 is 1.97 bits per heavy atom. The van der Waals surface area contributed by atoms with Crippen LogP contribution < -0.4 is 4.90 Å². The van der Waals surface area contributed by atoms with Gasteiger partial charge in [0.25, 0.3) is 5.92 Å². The van der Waals surface area contributed by atoms with Crippen molar-refractivity contribution in [1.29, 1.82) is 0 Å². The van der Waals surface area contributed by atoms with Gasteiger partial charge in [0.05, 0.1) is 24.5 Å². The summed E-state index contributed by atoms with van der Waals surface area (Å²) >= 11 is 0. The van der Waals surface area contributed by atoms with Crippen LogP contribution >= 0.6 is 0 Å². The molecule has 0 amide bonds. The number of halogens is 2. The van der Waals surface area contributed by atoms with E-state index in [1.54, 1.807) is 6.20 Å². The first-order chi connectivity index (χ1) is 14.5. The Balaban J connectivity index is 1.45. The third-order valence-corrected chi connectivity index (χ3v) is 6.83. The first-order valence-electron chi connectivity index (χ1n) is 10.9. The van der Waals surface area contributed by atoms with Crippen LogP contribution in [0.15, 0.2) is 12.4 Å². The molecule has 2 saturated heterocycles. The van der Waals surface area contributed by atoms with E-state index in [1.165, 1.54) is 0 Å². The van der Waals surface area contributed by atoms with Crippen molar-refractivity contribution in [2.24, 2.45) is 0 Å².